The highest BCUT2D eigenvalue weighted by atomic mass is 32.1. The smallest absolute Gasteiger partial charge is 0.134 e. The van der Waals surface area contributed by atoms with Gasteiger partial charge in [-0.2, -0.15) is 0 Å². The number of hydrogen-bond acceptors (Lipinski definition) is 4. The van der Waals surface area contributed by atoms with E-state index in [0.717, 1.165) is 22.8 Å². The Morgan fingerprint density at radius 3 is 2.89 bits per heavy atom. The third kappa shape index (κ3) is 3.62. The second-order valence-corrected chi connectivity index (χ2v) is 4.37. The monoisotopic (exact) mass is 276 g/mol. The van der Waals surface area contributed by atoms with E-state index < -0.39 is 0 Å². The summed E-state index contributed by atoms with van der Waals surface area (Å²) in [5.74, 6) is 1.53. The van der Waals surface area contributed by atoms with Crippen LogP contribution in [0.15, 0.2) is 30.3 Å². The van der Waals surface area contributed by atoms with Gasteiger partial charge in [-0.25, -0.2) is 4.98 Å². The molecule has 100 valence electrons. The fourth-order valence-electron chi connectivity index (χ4n) is 1.72. The van der Waals surface area contributed by atoms with Gasteiger partial charge in [-0.05, 0) is 25.1 Å². The highest BCUT2D eigenvalue weighted by Crippen LogP contribution is 2.22. The van der Waals surface area contributed by atoms with Crippen LogP contribution < -0.4 is 4.74 Å². The maximum atomic E-state index is 5.35. The van der Waals surface area contributed by atoms with Gasteiger partial charge in [-0.15, -0.1) is 0 Å². The molecular weight excluding hydrogens is 260 g/mol. The van der Waals surface area contributed by atoms with Crippen LogP contribution in [0.1, 0.15) is 12.7 Å². The molecule has 0 aliphatic heterocycles. The zero-order chi connectivity index (χ0) is 13.7. The summed E-state index contributed by atoms with van der Waals surface area (Å²) >= 11 is 5.18. The average molecular weight is 276 g/mol. The van der Waals surface area contributed by atoms with Crippen LogP contribution >= 0.6 is 12.2 Å². The van der Waals surface area contributed by atoms with E-state index in [9.17, 15) is 0 Å². The molecule has 1 heterocycles. The van der Waals surface area contributed by atoms with Crippen LogP contribution in [0, 0.1) is 4.64 Å². The molecule has 0 aliphatic carbocycles. The summed E-state index contributed by atoms with van der Waals surface area (Å²) in [6.45, 7) is 3.02. The normalized spacial score (nSPS) is 10.4. The maximum absolute atomic E-state index is 5.35. The number of methoxy groups -OCH3 is 1. The van der Waals surface area contributed by atoms with Crippen LogP contribution in [0.4, 0.5) is 0 Å². The van der Waals surface area contributed by atoms with Gasteiger partial charge in [-0.1, -0.05) is 24.4 Å². The summed E-state index contributed by atoms with van der Waals surface area (Å²) in [6.07, 6.45) is 0. The zero-order valence-corrected chi connectivity index (χ0v) is 11.8. The molecule has 1 aromatic heterocycles. The van der Waals surface area contributed by atoms with Crippen LogP contribution in [0.25, 0.3) is 11.3 Å². The number of ether oxygens (including phenoxy) is 2. The molecule has 0 radical (unpaired) electrons. The summed E-state index contributed by atoms with van der Waals surface area (Å²) in [6, 6.07) is 9.62. The van der Waals surface area contributed by atoms with E-state index in [1.165, 1.54) is 0 Å². The first kappa shape index (κ1) is 13.7. The standard InChI is InChI=1S/C14H16N2O2S/c1-3-18-9-13-15-12(8-14(19)16-13)10-5-4-6-11(7-10)17-2/h4-8H,3,9H2,1-2H3,(H,15,16,19). The number of hydrogen-bond donors (Lipinski definition) is 1. The number of benzene rings is 1. The summed E-state index contributed by atoms with van der Waals surface area (Å²) in [5, 5.41) is 0. The number of aromatic amines is 1. The number of rotatable bonds is 5. The highest BCUT2D eigenvalue weighted by molar-refractivity contribution is 7.71. The summed E-state index contributed by atoms with van der Waals surface area (Å²) in [7, 11) is 1.65. The van der Waals surface area contributed by atoms with Crippen LogP contribution in [0.5, 0.6) is 5.75 Å². The van der Waals surface area contributed by atoms with Gasteiger partial charge >= 0.3 is 0 Å². The third-order valence-electron chi connectivity index (χ3n) is 2.62. The minimum absolute atomic E-state index is 0.429. The SMILES string of the molecule is CCOCc1nc(=S)cc(-c2cccc(OC)c2)[nH]1. The summed E-state index contributed by atoms with van der Waals surface area (Å²) < 4.78 is 11.1. The Balaban J connectivity index is 2.37. The van der Waals surface area contributed by atoms with Gasteiger partial charge in [0.2, 0.25) is 0 Å². The Kier molecular flexibility index (Phi) is 4.65. The number of aromatic nitrogens is 2. The van der Waals surface area contributed by atoms with Crippen molar-refractivity contribution >= 4 is 12.2 Å². The van der Waals surface area contributed by atoms with Crippen LogP contribution in [0.2, 0.25) is 0 Å². The fourth-order valence-corrected chi connectivity index (χ4v) is 1.95. The Bertz CT molecular complexity index is 610. The van der Waals surface area contributed by atoms with Crippen molar-refractivity contribution in [2.24, 2.45) is 0 Å². The average Bonchev–Trinajstić information content (AvgIpc) is 2.44. The molecule has 0 amide bonds. The van der Waals surface area contributed by atoms with Gasteiger partial charge in [0.05, 0.1) is 7.11 Å². The molecule has 2 rings (SSSR count). The van der Waals surface area contributed by atoms with Crippen molar-refractivity contribution in [2.75, 3.05) is 13.7 Å². The lowest BCUT2D eigenvalue weighted by molar-refractivity contribution is 0.128. The molecule has 0 atom stereocenters. The first-order valence-corrected chi connectivity index (χ1v) is 6.46. The molecule has 0 saturated heterocycles. The highest BCUT2D eigenvalue weighted by Gasteiger charge is 2.03. The molecule has 0 unspecified atom stereocenters. The molecule has 0 aliphatic rings. The van der Waals surface area contributed by atoms with Crippen molar-refractivity contribution in [1.82, 2.24) is 9.97 Å². The second-order valence-electron chi connectivity index (χ2n) is 3.95. The van der Waals surface area contributed by atoms with Gasteiger partial charge in [0.25, 0.3) is 0 Å². The van der Waals surface area contributed by atoms with Crippen LogP contribution in [-0.2, 0) is 11.3 Å². The van der Waals surface area contributed by atoms with E-state index in [2.05, 4.69) is 9.97 Å². The minimum Gasteiger partial charge on any atom is -0.497 e. The molecule has 0 saturated carbocycles. The molecule has 0 spiro atoms. The van der Waals surface area contributed by atoms with E-state index in [1.54, 1.807) is 7.11 Å². The Morgan fingerprint density at radius 1 is 1.32 bits per heavy atom. The molecule has 5 heteroatoms. The van der Waals surface area contributed by atoms with Crippen molar-refractivity contribution in [3.05, 3.63) is 40.8 Å². The molecule has 2 aromatic rings. The van der Waals surface area contributed by atoms with Crippen LogP contribution in [-0.4, -0.2) is 23.7 Å². The van der Waals surface area contributed by atoms with Gasteiger partial charge < -0.3 is 14.5 Å². The topological polar surface area (TPSA) is 47.1 Å². The second kappa shape index (κ2) is 6.45. The molecule has 1 aromatic carbocycles. The van der Waals surface area contributed by atoms with Crippen molar-refractivity contribution in [3.63, 3.8) is 0 Å². The molecule has 4 nitrogen and oxygen atoms in total. The van der Waals surface area contributed by atoms with Gasteiger partial charge in [0.15, 0.2) is 0 Å². The van der Waals surface area contributed by atoms with Gasteiger partial charge in [0.1, 0.15) is 22.8 Å². The zero-order valence-electron chi connectivity index (χ0n) is 11.0. The van der Waals surface area contributed by atoms with Crippen molar-refractivity contribution in [2.45, 2.75) is 13.5 Å². The fraction of sp³-hybridized carbons (Fsp3) is 0.286. The Hall–Kier alpha value is -1.72. The van der Waals surface area contributed by atoms with E-state index in [0.29, 0.717) is 17.9 Å². The first-order chi connectivity index (χ1) is 9.22. The largest absolute Gasteiger partial charge is 0.497 e. The maximum Gasteiger partial charge on any atom is 0.134 e. The van der Waals surface area contributed by atoms with E-state index >= 15 is 0 Å². The van der Waals surface area contributed by atoms with Crippen LogP contribution in [0.3, 0.4) is 0 Å². The predicted octanol–water partition coefficient (Wildman–Crippen LogP) is 3.35. The van der Waals surface area contributed by atoms with E-state index in [-0.39, 0.29) is 0 Å². The molecule has 0 bridgehead atoms. The lowest BCUT2D eigenvalue weighted by Gasteiger charge is -2.07. The predicted molar refractivity (Wildman–Crippen MR) is 76.7 cm³/mol. The quantitative estimate of drug-likeness (QED) is 0.851. The van der Waals surface area contributed by atoms with Crippen molar-refractivity contribution < 1.29 is 9.47 Å². The van der Waals surface area contributed by atoms with Crippen molar-refractivity contribution in [3.8, 4) is 17.0 Å². The van der Waals surface area contributed by atoms with E-state index in [1.807, 2.05) is 37.3 Å². The number of nitrogens with one attached hydrogen (secondary N) is 1. The lowest BCUT2D eigenvalue weighted by Crippen LogP contribution is -2.00. The molecule has 1 N–H and O–H groups in total. The van der Waals surface area contributed by atoms with Gasteiger partial charge in [0, 0.05) is 17.9 Å². The van der Waals surface area contributed by atoms with Gasteiger partial charge in [-0.3, -0.25) is 0 Å². The Morgan fingerprint density at radius 2 is 2.16 bits per heavy atom. The number of H-pyrrole nitrogens is 1. The molecule has 0 fully saturated rings. The molecule has 19 heavy (non-hydrogen) atoms. The lowest BCUT2D eigenvalue weighted by atomic mass is 10.1. The molecular formula is C14H16N2O2S. The minimum atomic E-state index is 0.429. The Labute approximate surface area is 117 Å². The van der Waals surface area contributed by atoms with Crippen molar-refractivity contribution in [1.29, 1.82) is 0 Å². The summed E-state index contributed by atoms with van der Waals surface area (Å²) in [5.41, 5.74) is 1.92. The third-order valence-corrected chi connectivity index (χ3v) is 2.82. The van der Waals surface area contributed by atoms with E-state index in [4.69, 9.17) is 21.7 Å². The number of nitrogens with zero attached hydrogens (tertiary/aromatic N) is 1. The first-order valence-electron chi connectivity index (χ1n) is 6.05. The summed E-state index contributed by atoms with van der Waals surface area (Å²) in [4.78, 5) is 7.47.